The third kappa shape index (κ3) is 3.96. The predicted octanol–water partition coefficient (Wildman–Crippen LogP) is 3.61. The molecule has 0 bridgehead atoms. The number of carbonyl (C=O) groups is 2. The zero-order valence-corrected chi connectivity index (χ0v) is 18.5. The van der Waals surface area contributed by atoms with Gasteiger partial charge in [-0.15, -0.1) is 0 Å². The summed E-state index contributed by atoms with van der Waals surface area (Å²) in [5.74, 6) is -0.559. The first kappa shape index (κ1) is 21.9. The fraction of sp³-hybridized carbons (Fsp3) is 0.360. The van der Waals surface area contributed by atoms with E-state index in [2.05, 4.69) is 0 Å². The van der Waals surface area contributed by atoms with Gasteiger partial charge in [-0.2, -0.15) is 0 Å². The molecular weight excluding hydrogens is 410 g/mol. The van der Waals surface area contributed by atoms with Crippen LogP contribution in [-0.4, -0.2) is 55.2 Å². The highest BCUT2D eigenvalue weighted by atomic mass is 16.5. The van der Waals surface area contributed by atoms with Crippen LogP contribution >= 0.6 is 0 Å². The van der Waals surface area contributed by atoms with Crippen molar-refractivity contribution in [3.63, 3.8) is 0 Å². The Kier molecular flexibility index (Phi) is 6.19. The van der Waals surface area contributed by atoms with Crippen molar-refractivity contribution in [1.29, 1.82) is 0 Å². The summed E-state index contributed by atoms with van der Waals surface area (Å²) in [6.07, 6.45) is 1.56. The summed E-state index contributed by atoms with van der Waals surface area (Å²) in [6, 6.07) is 11.5. The molecule has 2 aromatic carbocycles. The van der Waals surface area contributed by atoms with Gasteiger partial charge in [0.05, 0.1) is 31.9 Å². The van der Waals surface area contributed by atoms with Crippen molar-refractivity contribution in [1.82, 2.24) is 4.90 Å². The highest BCUT2D eigenvalue weighted by Gasteiger charge is 2.48. The highest BCUT2D eigenvalue weighted by molar-refractivity contribution is 6.46. The zero-order valence-electron chi connectivity index (χ0n) is 18.5. The van der Waals surface area contributed by atoms with Gasteiger partial charge in [-0.05, 0) is 38.0 Å². The topological polar surface area (TPSA) is 85.3 Å². The number of ketones is 1. The number of hydrogen-bond donors (Lipinski definition) is 1. The Balaban J connectivity index is 1.89. The molecule has 2 aliphatic heterocycles. The summed E-state index contributed by atoms with van der Waals surface area (Å²) in [5.41, 5.74) is 2.09. The number of rotatable bonds is 6. The molecule has 0 spiro atoms. The molecule has 0 aliphatic carbocycles. The Hall–Kier alpha value is -3.32. The van der Waals surface area contributed by atoms with E-state index in [-0.39, 0.29) is 24.0 Å². The van der Waals surface area contributed by atoms with E-state index in [0.717, 1.165) is 18.4 Å². The van der Waals surface area contributed by atoms with Gasteiger partial charge in [0.25, 0.3) is 11.7 Å². The van der Waals surface area contributed by atoms with Crippen molar-refractivity contribution in [3.05, 3.63) is 64.7 Å². The average molecular weight is 437 g/mol. The number of amides is 1. The monoisotopic (exact) mass is 437 g/mol. The van der Waals surface area contributed by atoms with Gasteiger partial charge < -0.3 is 24.2 Å². The van der Waals surface area contributed by atoms with Crippen LogP contribution in [0, 0.1) is 6.92 Å². The highest BCUT2D eigenvalue weighted by Crippen LogP contribution is 2.44. The van der Waals surface area contributed by atoms with Crippen molar-refractivity contribution in [2.75, 3.05) is 27.4 Å². The van der Waals surface area contributed by atoms with E-state index in [1.54, 1.807) is 37.4 Å². The zero-order chi connectivity index (χ0) is 22.8. The van der Waals surface area contributed by atoms with Crippen LogP contribution in [0.4, 0.5) is 0 Å². The Morgan fingerprint density at radius 2 is 1.88 bits per heavy atom. The van der Waals surface area contributed by atoms with Crippen LogP contribution in [0.5, 0.6) is 11.5 Å². The number of aliphatic hydroxyl groups is 1. The van der Waals surface area contributed by atoms with Crippen LogP contribution in [0.15, 0.2) is 48.0 Å². The summed E-state index contributed by atoms with van der Waals surface area (Å²) in [6.45, 7) is 2.82. The quantitative estimate of drug-likeness (QED) is 0.422. The molecule has 168 valence electrons. The summed E-state index contributed by atoms with van der Waals surface area (Å²) in [4.78, 5) is 27.8. The number of Topliss-reactive ketones (excluding diaryl/α,β-unsaturated/α-hetero) is 1. The molecule has 1 amide bonds. The van der Waals surface area contributed by atoms with Crippen molar-refractivity contribution in [2.24, 2.45) is 0 Å². The minimum Gasteiger partial charge on any atom is -0.507 e. The molecule has 0 aromatic heterocycles. The van der Waals surface area contributed by atoms with Gasteiger partial charge in [-0.1, -0.05) is 29.8 Å². The van der Waals surface area contributed by atoms with Gasteiger partial charge in [-0.25, -0.2) is 0 Å². The first-order valence-electron chi connectivity index (χ1n) is 10.6. The smallest absolute Gasteiger partial charge is 0.295 e. The van der Waals surface area contributed by atoms with Gasteiger partial charge in [0.2, 0.25) is 0 Å². The van der Waals surface area contributed by atoms with Gasteiger partial charge in [-0.3, -0.25) is 9.59 Å². The first-order valence-corrected chi connectivity index (χ1v) is 10.6. The van der Waals surface area contributed by atoms with Gasteiger partial charge >= 0.3 is 0 Å². The molecule has 2 aromatic rings. The number of methoxy groups -OCH3 is 2. The van der Waals surface area contributed by atoms with Crippen LogP contribution in [0.3, 0.4) is 0 Å². The Morgan fingerprint density at radius 1 is 1.12 bits per heavy atom. The number of hydrogen-bond acceptors (Lipinski definition) is 6. The lowest BCUT2D eigenvalue weighted by Crippen LogP contribution is -2.36. The lowest BCUT2D eigenvalue weighted by atomic mass is 9.94. The fourth-order valence-electron chi connectivity index (χ4n) is 4.32. The van der Waals surface area contributed by atoms with Crippen molar-refractivity contribution in [3.8, 4) is 11.5 Å². The van der Waals surface area contributed by atoms with Crippen molar-refractivity contribution >= 4 is 17.4 Å². The van der Waals surface area contributed by atoms with E-state index in [4.69, 9.17) is 14.2 Å². The number of likely N-dealkylation sites (tertiary alicyclic amines) is 1. The predicted molar refractivity (Wildman–Crippen MR) is 119 cm³/mol. The Morgan fingerprint density at radius 3 is 2.50 bits per heavy atom. The third-order valence-corrected chi connectivity index (χ3v) is 6.02. The molecule has 2 fully saturated rings. The van der Waals surface area contributed by atoms with E-state index < -0.39 is 17.7 Å². The number of carbonyl (C=O) groups excluding carboxylic acids is 2. The SMILES string of the molecule is COc1ccc(OC)c([C@@H]2C(=C(O)c3ccc(C)cc3)C(=O)C(=O)N2C[C@@H]2CCCO2)c1. The Bertz CT molecular complexity index is 1050. The minimum absolute atomic E-state index is 0.0309. The molecule has 7 nitrogen and oxygen atoms in total. The summed E-state index contributed by atoms with van der Waals surface area (Å²) in [7, 11) is 3.07. The maximum Gasteiger partial charge on any atom is 0.295 e. The number of benzene rings is 2. The fourth-order valence-corrected chi connectivity index (χ4v) is 4.32. The second-order valence-corrected chi connectivity index (χ2v) is 8.06. The van der Waals surface area contributed by atoms with Crippen molar-refractivity contribution in [2.45, 2.75) is 31.9 Å². The molecule has 2 atom stereocenters. The standard InChI is InChI=1S/C25H27NO6/c1-15-6-8-16(9-7-15)23(27)21-22(19-13-17(30-2)10-11-20(19)31-3)26(25(29)24(21)28)14-18-5-4-12-32-18/h6-11,13,18,22,27H,4-5,12,14H2,1-3H3/t18-,22+/m0/s1. The first-order chi connectivity index (χ1) is 15.4. The summed E-state index contributed by atoms with van der Waals surface area (Å²) < 4.78 is 16.7. The maximum atomic E-state index is 13.2. The molecule has 0 unspecified atom stereocenters. The Labute approximate surface area is 187 Å². The molecule has 2 aliphatic rings. The van der Waals surface area contributed by atoms with Crippen LogP contribution < -0.4 is 9.47 Å². The lowest BCUT2D eigenvalue weighted by Gasteiger charge is -2.28. The molecule has 1 N–H and O–H groups in total. The number of ether oxygens (including phenoxy) is 3. The molecule has 0 radical (unpaired) electrons. The van der Waals surface area contributed by atoms with E-state index >= 15 is 0 Å². The summed E-state index contributed by atoms with van der Waals surface area (Å²) in [5, 5.41) is 11.2. The number of nitrogens with zero attached hydrogens (tertiary/aromatic N) is 1. The normalized spacial score (nSPS) is 22.4. The summed E-state index contributed by atoms with van der Waals surface area (Å²) >= 11 is 0. The van der Waals surface area contributed by atoms with E-state index in [0.29, 0.717) is 29.2 Å². The molecule has 4 rings (SSSR count). The average Bonchev–Trinajstić information content (AvgIpc) is 3.41. The van der Waals surface area contributed by atoms with Crippen LogP contribution in [0.2, 0.25) is 0 Å². The van der Waals surface area contributed by atoms with E-state index in [1.165, 1.54) is 12.0 Å². The molecule has 0 saturated carbocycles. The van der Waals surface area contributed by atoms with Gasteiger partial charge in [0, 0.05) is 24.3 Å². The molecule has 2 saturated heterocycles. The second kappa shape index (κ2) is 9.04. The van der Waals surface area contributed by atoms with Gasteiger partial charge in [0.15, 0.2) is 0 Å². The maximum absolute atomic E-state index is 13.2. The molecular formula is C25H27NO6. The molecule has 32 heavy (non-hydrogen) atoms. The van der Waals surface area contributed by atoms with Gasteiger partial charge in [0.1, 0.15) is 17.3 Å². The second-order valence-electron chi connectivity index (χ2n) is 8.06. The van der Waals surface area contributed by atoms with E-state index in [9.17, 15) is 14.7 Å². The van der Waals surface area contributed by atoms with Crippen LogP contribution in [0.25, 0.3) is 5.76 Å². The van der Waals surface area contributed by atoms with Crippen LogP contribution in [-0.2, 0) is 14.3 Å². The largest absolute Gasteiger partial charge is 0.507 e. The molecule has 7 heteroatoms. The van der Waals surface area contributed by atoms with E-state index in [1.807, 2.05) is 19.1 Å². The van der Waals surface area contributed by atoms with Crippen molar-refractivity contribution < 1.29 is 28.9 Å². The number of aryl methyl sites for hydroxylation is 1. The number of aliphatic hydroxyl groups excluding tert-OH is 1. The minimum atomic E-state index is -0.828. The third-order valence-electron chi connectivity index (χ3n) is 6.02. The molecule has 2 heterocycles. The lowest BCUT2D eigenvalue weighted by molar-refractivity contribution is -0.140. The van der Waals surface area contributed by atoms with Crippen LogP contribution in [0.1, 0.15) is 35.6 Å².